The van der Waals surface area contributed by atoms with Crippen LogP contribution in [0.5, 0.6) is 0 Å². The number of nitrogen functional groups attached to an aromatic ring is 1. The molecule has 1 aromatic rings. The molecule has 0 aromatic heterocycles. The van der Waals surface area contributed by atoms with Gasteiger partial charge in [-0.2, -0.15) is 0 Å². The fraction of sp³-hybridized carbons (Fsp3) is 0.400. The summed E-state index contributed by atoms with van der Waals surface area (Å²) in [4.78, 5) is 2.04. The Hall–Kier alpha value is -0.740. The van der Waals surface area contributed by atoms with Crippen molar-refractivity contribution in [2.24, 2.45) is 0 Å². The molecule has 14 heavy (non-hydrogen) atoms. The summed E-state index contributed by atoms with van der Waals surface area (Å²) in [6.45, 7) is 3.63. The first-order chi connectivity index (χ1) is 6.69. The van der Waals surface area contributed by atoms with E-state index >= 15 is 0 Å². The third-order valence-electron chi connectivity index (χ3n) is 2.08. The van der Waals surface area contributed by atoms with Crippen LogP contribution in [0.15, 0.2) is 22.7 Å². The van der Waals surface area contributed by atoms with Gasteiger partial charge >= 0.3 is 0 Å². The van der Waals surface area contributed by atoms with Crippen LogP contribution in [0.25, 0.3) is 0 Å². The highest BCUT2D eigenvalue weighted by atomic mass is 79.9. The van der Waals surface area contributed by atoms with Crippen LogP contribution in [0.2, 0.25) is 0 Å². The highest BCUT2D eigenvalue weighted by Crippen LogP contribution is 2.26. The van der Waals surface area contributed by atoms with Crippen molar-refractivity contribution in [3.63, 3.8) is 0 Å². The maximum absolute atomic E-state index is 8.88. The molecule has 3 N–H and O–H groups in total. The quantitative estimate of drug-likeness (QED) is 0.811. The van der Waals surface area contributed by atoms with Crippen molar-refractivity contribution in [2.75, 3.05) is 30.3 Å². The standard InChI is InChI=1S/C10H15BrN2O/c1-2-13(5-6-14)10-4-3-8(11)7-9(10)12/h3-4,7,14H,2,5-6,12H2,1H3. The first kappa shape index (κ1) is 11.3. The van der Waals surface area contributed by atoms with Crippen molar-refractivity contribution in [3.8, 4) is 0 Å². The lowest BCUT2D eigenvalue weighted by Gasteiger charge is -2.23. The Labute approximate surface area is 92.7 Å². The Morgan fingerprint density at radius 3 is 2.71 bits per heavy atom. The molecular weight excluding hydrogens is 244 g/mol. The molecule has 0 atom stereocenters. The maximum Gasteiger partial charge on any atom is 0.0606 e. The zero-order chi connectivity index (χ0) is 10.6. The molecule has 1 aromatic carbocycles. The molecule has 0 unspecified atom stereocenters. The molecule has 0 aliphatic rings. The summed E-state index contributed by atoms with van der Waals surface area (Å²) in [6, 6.07) is 5.78. The van der Waals surface area contributed by atoms with Crippen molar-refractivity contribution < 1.29 is 5.11 Å². The van der Waals surface area contributed by atoms with Crippen LogP contribution in [0, 0.1) is 0 Å². The fourth-order valence-corrected chi connectivity index (χ4v) is 1.76. The van der Waals surface area contributed by atoms with Gasteiger partial charge in [-0.1, -0.05) is 15.9 Å². The number of halogens is 1. The zero-order valence-corrected chi connectivity index (χ0v) is 9.79. The van der Waals surface area contributed by atoms with Gasteiger partial charge in [0.15, 0.2) is 0 Å². The summed E-state index contributed by atoms with van der Waals surface area (Å²) in [7, 11) is 0. The highest BCUT2D eigenvalue weighted by Gasteiger charge is 2.06. The van der Waals surface area contributed by atoms with Crippen molar-refractivity contribution in [3.05, 3.63) is 22.7 Å². The van der Waals surface area contributed by atoms with Crippen LogP contribution in [-0.2, 0) is 0 Å². The summed E-state index contributed by atoms with van der Waals surface area (Å²) < 4.78 is 0.971. The lowest BCUT2D eigenvalue weighted by Crippen LogP contribution is -2.26. The normalized spacial score (nSPS) is 10.2. The summed E-state index contributed by atoms with van der Waals surface area (Å²) in [5.74, 6) is 0. The molecular formula is C10H15BrN2O. The SMILES string of the molecule is CCN(CCO)c1ccc(Br)cc1N. The van der Waals surface area contributed by atoms with E-state index in [4.69, 9.17) is 10.8 Å². The van der Waals surface area contributed by atoms with Gasteiger partial charge in [0.25, 0.3) is 0 Å². The number of anilines is 2. The zero-order valence-electron chi connectivity index (χ0n) is 8.20. The number of hydrogen-bond donors (Lipinski definition) is 2. The minimum Gasteiger partial charge on any atom is -0.397 e. The van der Waals surface area contributed by atoms with Gasteiger partial charge in [0.1, 0.15) is 0 Å². The Morgan fingerprint density at radius 2 is 2.21 bits per heavy atom. The summed E-state index contributed by atoms with van der Waals surface area (Å²) in [5, 5.41) is 8.88. The van der Waals surface area contributed by atoms with Gasteiger partial charge in [0.05, 0.1) is 18.0 Å². The van der Waals surface area contributed by atoms with Crippen LogP contribution < -0.4 is 10.6 Å². The van der Waals surface area contributed by atoms with Gasteiger partial charge in [0.2, 0.25) is 0 Å². The lowest BCUT2D eigenvalue weighted by molar-refractivity contribution is 0.302. The number of benzene rings is 1. The Bertz CT molecular complexity index is 304. The van der Waals surface area contributed by atoms with Gasteiger partial charge in [-0.05, 0) is 25.1 Å². The van der Waals surface area contributed by atoms with Crippen LogP contribution in [0.4, 0.5) is 11.4 Å². The van der Waals surface area contributed by atoms with E-state index in [1.54, 1.807) is 0 Å². The molecule has 78 valence electrons. The maximum atomic E-state index is 8.88. The number of likely N-dealkylation sites (N-methyl/N-ethyl adjacent to an activating group) is 1. The summed E-state index contributed by atoms with van der Waals surface area (Å²) >= 11 is 3.36. The summed E-state index contributed by atoms with van der Waals surface area (Å²) in [5.41, 5.74) is 7.58. The molecule has 0 bridgehead atoms. The predicted octanol–water partition coefficient (Wildman–Crippen LogP) is 1.85. The van der Waals surface area contributed by atoms with E-state index in [2.05, 4.69) is 15.9 Å². The van der Waals surface area contributed by atoms with Crippen LogP contribution in [-0.4, -0.2) is 24.8 Å². The second kappa shape index (κ2) is 5.22. The minimum absolute atomic E-state index is 0.142. The van der Waals surface area contributed by atoms with Gasteiger partial charge in [-0.15, -0.1) is 0 Å². The molecule has 0 heterocycles. The van der Waals surface area contributed by atoms with E-state index in [-0.39, 0.29) is 6.61 Å². The molecule has 0 aliphatic carbocycles. The molecule has 1 rings (SSSR count). The van der Waals surface area contributed by atoms with Crippen molar-refractivity contribution >= 4 is 27.3 Å². The molecule has 0 aliphatic heterocycles. The van der Waals surface area contributed by atoms with E-state index in [1.807, 2.05) is 30.0 Å². The van der Waals surface area contributed by atoms with Gasteiger partial charge < -0.3 is 15.7 Å². The predicted molar refractivity (Wildman–Crippen MR) is 63.5 cm³/mol. The van der Waals surface area contributed by atoms with E-state index in [9.17, 15) is 0 Å². The van der Waals surface area contributed by atoms with Crippen molar-refractivity contribution in [1.82, 2.24) is 0 Å². The molecule has 3 nitrogen and oxygen atoms in total. The third-order valence-corrected chi connectivity index (χ3v) is 2.58. The molecule has 0 spiro atoms. The molecule has 0 saturated carbocycles. The van der Waals surface area contributed by atoms with Crippen molar-refractivity contribution in [1.29, 1.82) is 0 Å². The van der Waals surface area contributed by atoms with Crippen LogP contribution in [0.1, 0.15) is 6.92 Å². The van der Waals surface area contributed by atoms with Crippen molar-refractivity contribution in [2.45, 2.75) is 6.92 Å². The smallest absolute Gasteiger partial charge is 0.0606 e. The van der Waals surface area contributed by atoms with Gasteiger partial charge in [0, 0.05) is 17.6 Å². The monoisotopic (exact) mass is 258 g/mol. The highest BCUT2D eigenvalue weighted by molar-refractivity contribution is 9.10. The number of rotatable bonds is 4. The number of aliphatic hydroxyl groups excluding tert-OH is 1. The molecule has 0 radical (unpaired) electrons. The second-order valence-corrected chi connectivity index (χ2v) is 3.92. The van der Waals surface area contributed by atoms with Crippen LogP contribution >= 0.6 is 15.9 Å². The Morgan fingerprint density at radius 1 is 1.50 bits per heavy atom. The van der Waals surface area contributed by atoms with Crippen LogP contribution in [0.3, 0.4) is 0 Å². The van der Waals surface area contributed by atoms with E-state index in [1.165, 1.54) is 0 Å². The number of nitrogens with zero attached hydrogens (tertiary/aromatic N) is 1. The molecule has 4 heteroatoms. The second-order valence-electron chi connectivity index (χ2n) is 3.01. The number of aliphatic hydroxyl groups is 1. The van der Waals surface area contributed by atoms with E-state index < -0.39 is 0 Å². The van der Waals surface area contributed by atoms with Gasteiger partial charge in [-0.3, -0.25) is 0 Å². The third kappa shape index (κ3) is 2.62. The first-order valence-electron chi connectivity index (χ1n) is 4.60. The number of nitrogens with two attached hydrogens (primary N) is 1. The number of hydrogen-bond acceptors (Lipinski definition) is 3. The van der Waals surface area contributed by atoms with Gasteiger partial charge in [-0.25, -0.2) is 0 Å². The minimum atomic E-state index is 0.142. The summed E-state index contributed by atoms with van der Waals surface area (Å²) in [6.07, 6.45) is 0. The average Bonchev–Trinajstić information content (AvgIpc) is 2.15. The Balaban J connectivity index is 2.92. The molecule has 0 fully saturated rings. The lowest BCUT2D eigenvalue weighted by atomic mass is 10.2. The molecule has 0 amide bonds. The molecule has 0 saturated heterocycles. The first-order valence-corrected chi connectivity index (χ1v) is 5.39. The topological polar surface area (TPSA) is 49.5 Å². The average molecular weight is 259 g/mol. The van der Waals surface area contributed by atoms with E-state index in [0.717, 1.165) is 22.4 Å². The Kier molecular flexibility index (Phi) is 4.22. The van der Waals surface area contributed by atoms with E-state index in [0.29, 0.717) is 6.54 Å². The largest absolute Gasteiger partial charge is 0.397 e. The fourth-order valence-electron chi connectivity index (χ4n) is 1.38.